The Hall–Kier alpha value is -0.980. The summed E-state index contributed by atoms with van der Waals surface area (Å²) in [4.78, 5) is 0.276. The molecule has 90 valence electrons. The number of rotatable bonds is 4. The molecule has 0 atom stereocenters. The van der Waals surface area contributed by atoms with Crippen LogP contribution in [0.5, 0.6) is 0 Å². The molecular formula is C11H11NO2S3. The third-order valence-corrected chi connectivity index (χ3v) is 5.58. The molecule has 0 spiro atoms. The maximum absolute atomic E-state index is 12.1. The topological polar surface area (TPSA) is 46.2 Å². The molecule has 17 heavy (non-hydrogen) atoms. The fourth-order valence-electron chi connectivity index (χ4n) is 1.33. The van der Waals surface area contributed by atoms with Crippen molar-refractivity contribution in [2.24, 2.45) is 0 Å². The van der Waals surface area contributed by atoms with Gasteiger partial charge in [-0.05, 0) is 29.8 Å². The van der Waals surface area contributed by atoms with Gasteiger partial charge in [0.25, 0.3) is 10.0 Å². The van der Waals surface area contributed by atoms with E-state index in [0.717, 1.165) is 4.21 Å². The highest BCUT2D eigenvalue weighted by atomic mass is 32.2. The van der Waals surface area contributed by atoms with Crippen LogP contribution in [0.2, 0.25) is 0 Å². The molecule has 0 unspecified atom stereocenters. The van der Waals surface area contributed by atoms with Crippen LogP contribution in [0.25, 0.3) is 0 Å². The van der Waals surface area contributed by atoms with Gasteiger partial charge in [-0.15, -0.1) is 23.1 Å². The largest absolute Gasteiger partial charge is 0.278 e. The first-order valence-electron chi connectivity index (χ1n) is 4.83. The summed E-state index contributed by atoms with van der Waals surface area (Å²) in [5, 5.41) is 1.87. The van der Waals surface area contributed by atoms with Crippen molar-refractivity contribution in [3.8, 4) is 0 Å². The zero-order valence-electron chi connectivity index (χ0n) is 9.08. The minimum Gasteiger partial charge on any atom is -0.278 e. The van der Waals surface area contributed by atoms with Gasteiger partial charge < -0.3 is 0 Å². The summed E-state index contributed by atoms with van der Waals surface area (Å²) in [6.07, 6.45) is 1.92. The Morgan fingerprint density at radius 1 is 1.18 bits per heavy atom. The smallest absolute Gasteiger partial charge is 0.261 e. The lowest BCUT2D eigenvalue weighted by atomic mass is 10.4. The minimum absolute atomic E-state index is 0.276. The summed E-state index contributed by atoms with van der Waals surface area (Å²) in [6, 6.07) is 10.1. The second kappa shape index (κ2) is 5.12. The number of benzene rings is 1. The predicted molar refractivity (Wildman–Crippen MR) is 73.4 cm³/mol. The highest BCUT2D eigenvalue weighted by molar-refractivity contribution is 8.00. The van der Waals surface area contributed by atoms with E-state index in [2.05, 4.69) is 4.72 Å². The fourth-order valence-corrected chi connectivity index (χ4v) is 4.02. The Morgan fingerprint density at radius 2 is 1.88 bits per heavy atom. The number of hydrogen-bond donors (Lipinski definition) is 1. The van der Waals surface area contributed by atoms with Gasteiger partial charge in [0, 0.05) is 0 Å². The number of thioether (sulfide) groups is 1. The van der Waals surface area contributed by atoms with Crippen molar-refractivity contribution in [2.75, 3.05) is 11.0 Å². The zero-order chi connectivity index (χ0) is 12.3. The molecule has 0 saturated heterocycles. The first-order chi connectivity index (χ1) is 8.13. The molecule has 1 heterocycles. The summed E-state index contributed by atoms with van der Waals surface area (Å²) in [6.45, 7) is 0. The molecule has 6 heteroatoms. The van der Waals surface area contributed by atoms with E-state index in [-0.39, 0.29) is 4.90 Å². The van der Waals surface area contributed by atoms with Crippen LogP contribution in [0.3, 0.4) is 0 Å². The Bertz CT molecular complexity index is 590. The maximum Gasteiger partial charge on any atom is 0.261 e. The summed E-state index contributed by atoms with van der Waals surface area (Å²) >= 11 is 3.05. The molecule has 1 aromatic heterocycles. The Morgan fingerprint density at radius 3 is 2.53 bits per heavy atom. The van der Waals surface area contributed by atoms with Gasteiger partial charge in [-0.1, -0.05) is 18.2 Å². The molecule has 0 fully saturated rings. The predicted octanol–water partition coefficient (Wildman–Crippen LogP) is 3.27. The van der Waals surface area contributed by atoms with Gasteiger partial charge in [-0.25, -0.2) is 8.42 Å². The first-order valence-corrected chi connectivity index (χ1v) is 8.41. The Balaban J connectivity index is 2.30. The Kier molecular flexibility index (Phi) is 3.76. The van der Waals surface area contributed by atoms with Crippen molar-refractivity contribution in [3.63, 3.8) is 0 Å². The van der Waals surface area contributed by atoms with E-state index in [1.807, 2.05) is 11.6 Å². The summed E-state index contributed by atoms with van der Waals surface area (Å²) in [5.41, 5.74) is 0.645. The zero-order valence-corrected chi connectivity index (χ0v) is 11.5. The summed E-state index contributed by atoms with van der Waals surface area (Å²) in [5.74, 6) is 0. The van der Waals surface area contributed by atoms with E-state index in [0.29, 0.717) is 5.69 Å². The van der Waals surface area contributed by atoms with Gasteiger partial charge in [0.15, 0.2) is 0 Å². The van der Waals surface area contributed by atoms with Crippen molar-refractivity contribution >= 4 is 38.8 Å². The quantitative estimate of drug-likeness (QED) is 0.877. The van der Waals surface area contributed by atoms with Gasteiger partial charge in [0.05, 0.1) is 14.8 Å². The third kappa shape index (κ3) is 2.83. The highest BCUT2D eigenvalue weighted by Gasteiger charge is 2.15. The molecular weight excluding hydrogens is 274 g/mol. The lowest BCUT2D eigenvalue weighted by Crippen LogP contribution is -2.12. The summed E-state index contributed by atoms with van der Waals surface area (Å²) in [7, 11) is -3.47. The lowest BCUT2D eigenvalue weighted by Gasteiger charge is -2.07. The van der Waals surface area contributed by atoms with E-state index >= 15 is 0 Å². The van der Waals surface area contributed by atoms with Gasteiger partial charge in [-0.2, -0.15) is 0 Å². The molecule has 0 amide bonds. The van der Waals surface area contributed by atoms with Crippen LogP contribution in [0, 0.1) is 0 Å². The number of thiophene rings is 1. The van der Waals surface area contributed by atoms with Gasteiger partial charge in [-0.3, -0.25) is 4.72 Å². The molecule has 0 aliphatic heterocycles. The van der Waals surface area contributed by atoms with Crippen LogP contribution in [-0.4, -0.2) is 14.7 Å². The average Bonchev–Trinajstić information content (AvgIpc) is 2.77. The van der Waals surface area contributed by atoms with Gasteiger partial charge >= 0.3 is 0 Å². The second-order valence-corrected chi connectivity index (χ2v) is 6.92. The van der Waals surface area contributed by atoms with Crippen molar-refractivity contribution < 1.29 is 8.42 Å². The molecule has 2 aromatic rings. The second-order valence-electron chi connectivity index (χ2n) is 3.24. The first kappa shape index (κ1) is 12.5. The normalized spacial score (nSPS) is 11.4. The SMILES string of the molecule is CSc1sccc1NS(=O)(=O)c1ccccc1. The van der Waals surface area contributed by atoms with Crippen LogP contribution >= 0.6 is 23.1 Å². The van der Waals surface area contributed by atoms with Crippen LogP contribution in [0.1, 0.15) is 0 Å². The minimum atomic E-state index is -3.47. The molecule has 0 saturated carbocycles. The highest BCUT2D eigenvalue weighted by Crippen LogP contribution is 2.32. The molecule has 1 N–H and O–H groups in total. The molecule has 0 radical (unpaired) electrons. The monoisotopic (exact) mass is 285 g/mol. The number of hydrogen-bond acceptors (Lipinski definition) is 4. The van der Waals surface area contributed by atoms with Crippen molar-refractivity contribution in [3.05, 3.63) is 41.8 Å². The molecule has 0 aliphatic rings. The van der Waals surface area contributed by atoms with Crippen LogP contribution in [-0.2, 0) is 10.0 Å². The van der Waals surface area contributed by atoms with E-state index < -0.39 is 10.0 Å². The fraction of sp³-hybridized carbons (Fsp3) is 0.0909. The lowest BCUT2D eigenvalue weighted by molar-refractivity contribution is 0.601. The van der Waals surface area contributed by atoms with Crippen molar-refractivity contribution in [2.45, 2.75) is 9.10 Å². The van der Waals surface area contributed by atoms with Crippen molar-refractivity contribution in [1.82, 2.24) is 0 Å². The van der Waals surface area contributed by atoms with Gasteiger partial charge in [0.1, 0.15) is 0 Å². The van der Waals surface area contributed by atoms with E-state index in [1.54, 1.807) is 36.4 Å². The van der Waals surface area contributed by atoms with Gasteiger partial charge in [0.2, 0.25) is 0 Å². The Labute approximate surface area is 109 Å². The van der Waals surface area contributed by atoms with Crippen LogP contribution in [0.15, 0.2) is 50.9 Å². The van der Waals surface area contributed by atoms with Crippen molar-refractivity contribution in [1.29, 1.82) is 0 Å². The number of sulfonamides is 1. The molecule has 3 nitrogen and oxygen atoms in total. The molecule has 1 aromatic carbocycles. The summed E-state index contributed by atoms with van der Waals surface area (Å²) < 4.78 is 27.7. The van der Waals surface area contributed by atoms with Crippen LogP contribution < -0.4 is 4.72 Å². The number of nitrogens with one attached hydrogen (secondary N) is 1. The standard InChI is InChI=1S/C11H11NO2S3/c1-15-11-10(7-8-16-11)12-17(13,14)9-5-3-2-4-6-9/h2-8,12H,1H3. The van der Waals surface area contributed by atoms with Crippen LogP contribution in [0.4, 0.5) is 5.69 Å². The van der Waals surface area contributed by atoms with E-state index in [1.165, 1.54) is 23.1 Å². The number of anilines is 1. The molecule has 0 bridgehead atoms. The maximum atomic E-state index is 12.1. The van der Waals surface area contributed by atoms with E-state index in [4.69, 9.17) is 0 Å². The molecule has 0 aliphatic carbocycles. The average molecular weight is 285 g/mol. The van der Waals surface area contributed by atoms with E-state index in [9.17, 15) is 8.42 Å². The molecule has 2 rings (SSSR count). The third-order valence-electron chi connectivity index (χ3n) is 2.11.